The van der Waals surface area contributed by atoms with Crippen molar-refractivity contribution in [2.75, 3.05) is 19.0 Å². The monoisotopic (exact) mass is 362 g/mol. The molecule has 0 spiro atoms. The number of benzene rings is 1. The minimum absolute atomic E-state index is 0.0104. The van der Waals surface area contributed by atoms with Gasteiger partial charge in [-0.25, -0.2) is 0 Å². The van der Waals surface area contributed by atoms with Gasteiger partial charge in [-0.15, -0.1) is 0 Å². The third kappa shape index (κ3) is 4.82. The molecule has 0 aromatic heterocycles. The Kier molecular flexibility index (Phi) is 6.74. The van der Waals surface area contributed by atoms with Crippen molar-refractivity contribution < 1.29 is 24.2 Å². The summed E-state index contributed by atoms with van der Waals surface area (Å²) in [6, 6.07) is 5.46. The van der Waals surface area contributed by atoms with Gasteiger partial charge in [0.25, 0.3) is 5.91 Å². The third-order valence-electron chi connectivity index (χ3n) is 4.95. The second-order valence-electron chi connectivity index (χ2n) is 6.80. The second-order valence-corrected chi connectivity index (χ2v) is 6.80. The molecule has 1 aromatic carbocycles. The van der Waals surface area contributed by atoms with Crippen LogP contribution in [0.25, 0.3) is 0 Å². The first-order valence-corrected chi connectivity index (χ1v) is 8.82. The summed E-state index contributed by atoms with van der Waals surface area (Å²) in [5.41, 5.74) is 0.566. The Morgan fingerprint density at radius 3 is 2.35 bits per heavy atom. The lowest BCUT2D eigenvalue weighted by Crippen LogP contribution is -2.38. The molecule has 7 nitrogen and oxygen atoms in total. The highest BCUT2D eigenvalue weighted by Gasteiger charge is 2.40. The highest BCUT2D eigenvalue weighted by molar-refractivity contribution is 5.98. The molecule has 0 radical (unpaired) electrons. The van der Waals surface area contributed by atoms with Crippen LogP contribution < -0.4 is 10.6 Å². The lowest BCUT2D eigenvalue weighted by atomic mass is 9.82. The first kappa shape index (κ1) is 19.9. The molecule has 1 aliphatic rings. The lowest BCUT2D eigenvalue weighted by Gasteiger charge is -2.27. The van der Waals surface area contributed by atoms with E-state index in [0.29, 0.717) is 24.3 Å². The molecule has 142 valence electrons. The van der Waals surface area contributed by atoms with E-state index in [-0.39, 0.29) is 11.3 Å². The van der Waals surface area contributed by atoms with Crippen molar-refractivity contribution in [2.45, 2.75) is 45.1 Å². The van der Waals surface area contributed by atoms with Crippen molar-refractivity contribution in [2.24, 2.45) is 5.41 Å². The summed E-state index contributed by atoms with van der Waals surface area (Å²) in [5.74, 6) is -1.57. The number of hydrogen-bond acceptors (Lipinski definition) is 4. The summed E-state index contributed by atoms with van der Waals surface area (Å²) in [4.78, 5) is 35.6. The number of aliphatic carboxylic acids is 1. The molecule has 0 saturated heterocycles. The molecule has 1 fully saturated rings. The largest absolute Gasteiger partial charge is 0.480 e. The van der Waals surface area contributed by atoms with Gasteiger partial charge in [0.2, 0.25) is 5.91 Å². The summed E-state index contributed by atoms with van der Waals surface area (Å²) in [7, 11) is 1.63. The summed E-state index contributed by atoms with van der Waals surface area (Å²) in [6.45, 7) is 1.95. The third-order valence-corrected chi connectivity index (χ3v) is 4.95. The smallest absolute Gasteiger partial charge is 0.325 e. The van der Waals surface area contributed by atoms with Crippen LogP contribution in [0, 0.1) is 5.41 Å². The molecular weight excluding hydrogens is 336 g/mol. The van der Waals surface area contributed by atoms with Gasteiger partial charge in [0, 0.05) is 25.0 Å². The fourth-order valence-corrected chi connectivity index (χ4v) is 3.25. The Bertz CT molecular complexity index is 650. The number of ether oxygens (including phenoxy) is 1. The van der Waals surface area contributed by atoms with Crippen LogP contribution in [0.1, 0.15) is 49.4 Å². The van der Waals surface area contributed by atoms with Gasteiger partial charge in [-0.2, -0.15) is 0 Å². The zero-order chi connectivity index (χ0) is 19.2. The molecule has 1 atom stereocenters. The second kappa shape index (κ2) is 8.80. The molecule has 2 rings (SSSR count). The Morgan fingerprint density at radius 2 is 1.81 bits per heavy atom. The standard InChI is InChI=1S/C19H26N2O5/c1-13(17(23)24)20-16(22)14-5-7-15(8-6-14)21-18(25)19(11-12-26-2)9-3-4-10-19/h5-8,13H,3-4,9-12H2,1-2H3,(H,20,22)(H,21,25)(H,23,24). The normalized spacial score (nSPS) is 16.7. The molecule has 1 unspecified atom stereocenters. The summed E-state index contributed by atoms with van der Waals surface area (Å²) in [5, 5.41) is 14.2. The van der Waals surface area contributed by atoms with Crippen LogP contribution in [0.3, 0.4) is 0 Å². The number of hydrogen-bond donors (Lipinski definition) is 3. The molecule has 0 aliphatic heterocycles. The molecule has 26 heavy (non-hydrogen) atoms. The van der Waals surface area contributed by atoms with Crippen molar-refractivity contribution in [1.82, 2.24) is 5.32 Å². The Balaban J connectivity index is 2.00. The molecule has 3 N–H and O–H groups in total. The fraction of sp³-hybridized carbons (Fsp3) is 0.526. The zero-order valence-electron chi connectivity index (χ0n) is 15.2. The van der Waals surface area contributed by atoms with Crippen LogP contribution in [0.15, 0.2) is 24.3 Å². The maximum atomic E-state index is 12.8. The van der Waals surface area contributed by atoms with E-state index in [1.54, 1.807) is 31.4 Å². The lowest BCUT2D eigenvalue weighted by molar-refractivity contribution is -0.138. The minimum atomic E-state index is -1.10. The predicted octanol–water partition coefficient (Wildman–Crippen LogP) is 2.42. The molecule has 0 heterocycles. The van der Waals surface area contributed by atoms with Crippen molar-refractivity contribution in [1.29, 1.82) is 0 Å². The number of carboxylic acid groups (broad SMARTS) is 1. The molecule has 2 amide bonds. The van der Waals surface area contributed by atoms with E-state index in [2.05, 4.69) is 10.6 Å². The van der Waals surface area contributed by atoms with Gasteiger partial charge in [-0.3, -0.25) is 14.4 Å². The summed E-state index contributed by atoms with van der Waals surface area (Å²) in [6.07, 6.45) is 4.49. The maximum absolute atomic E-state index is 12.8. The Morgan fingerprint density at radius 1 is 1.19 bits per heavy atom. The first-order chi connectivity index (χ1) is 12.4. The van der Waals surface area contributed by atoms with Crippen LogP contribution in [0.4, 0.5) is 5.69 Å². The number of methoxy groups -OCH3 is 1. The molecule has 1 saturated carbocycles. The van der Waals surface area contributed by atoms with E-state index in [0.717, 1.165) is 25.7 Å². The average Bonchev–Trinajstić information content (AvgIpc) is 3.10. The van der Waals surface area contributed by atoms with Crippen LogP contribution in [-0.2, 0) is 14.3 Å². The Hall–Kier alpha value is -2.41. The van der Waals surface area contributed by atoms with E-state index in [1.807, 2.05) is 0 Å². The quantitative estimate of drug-likeness (QED) is 0.659. The number of amides is 2. The van der Waals surface area contributed by atoms with Gasteiger partial charge < -0.3 is 20.5 Å². The van der Waals surface area contributed by atoms with Gasteiger partial charge in [0.05, 0.1) is 5.41 Å². The molecule has 1 aliphatic carbocycles. The zero-order valence-corrected chi connectivity index (χ0v) is 15.2. The number of rotatable bonds is 8. The number of carbonyl (C=O) groups is 3. The SMILES string of the molecule is COCCC1(C(=O)Nc2ccc(C(=O)NC(C)C(=O)O)cc2)CCCC1. The van der Waals surface area contributed by atoms with E-state index >= 15 is 0 Å². The van der Waals surface area contributed by atoms with Crippen LogP contribution in [0.5, 0.6) is 0 Å². The average molecular weight is 362 g/mol. The van der Waals surface area contributed by atoms with Crippen molar-refractivity contribution >= 4 is 23.5 Å². The van der Waals surface area contributed by atoms with Crippen molar-refractivity contribution in [3.63, 3.8) is 0 Å². The summed E-state index contributed by atoms with van der Waals surface area (Å²) >= 11 is 0. The number of nitrogens with one attached hydrogen (secondary N) is 2. The Labute approximate surface area is 153 Å². The van der Waals surface area contributed by atoms with Gasteiger partial charge in [0.15, 0.2) is 0 Å². The minimum Gasteiger partial charge on any atom is -0.480 e. The first-order valence-electron chi connectivity index (χ1n) is 8.82. The van der Waals surface area contributed by atoms with Gasteiger partial charge in [0.1, 0.15) is 6.04 Å². The maximum Gasteiger partial charge on any atom is 0.325 e. The van der Waals surface area contributed by atoms with Crippen LogP contribution in [0.2, 0.25) is 0 Å². The molecule has 1 aromatic rings. The van der Waals surface area contributed by atoms with E-state index in [9.17, 15) is 14.4 Å². The number of carboxylic acids is 1. The highest BCUT2D eigenvalue weighted by Crippen LogP contribution is 2.42. The van der Waals surface area contributed by atoms with Crippen LogP contribution >= 0.6 is 0 Å². The summed E-state index contributed by atoms with van der Waals surface area (Å²) < 4.78 is 5.15. The molecule has 0 bridgehead atoms. The van der Waals surface area contributed by atoms with E-state index in [4.69, 9.17) is 9.84 Å². The van der Waals surface area contributed by atoms with Gasteiger partial charge in [-0.05, 0) is 50.5 Å². The molecule has 7 heteroatoms. The van der Waals surface area contributed by atoms with Crippen molar-refractivity contribution in [3.8, 4) is 0 Å². The number of carbonyl (C=O) groups excluding carboxylic acids is 2. The highest BCUT2D eigenvalue weighted by atomic mass is 16.5. The van der Waals surface area contributed by atoms with Crippen molar-refractivity contribution in [3.05, 3.63) is 29.8 Å². The van der Waals surface area contributed by atoms with E-state index in [1.165, 1.54) is 6.92 Å². The van der Waals surface area contributed by atoms with E-state index < -0.39 is 17.9 Å². The predicted molar refractivity (Wildman–Crippen MR) is 97.0 cm³/mol. The number of anilines is 1. The van der Waals surface area contributed by atoms with Gasteiger partial charge in [-0.1, -0.05) is 12.8 Å². The topological polar surface area (TPSA) is 105 Å². The van der Waals surface area contributed by atoms with Crippen LogP contribution in [-0.4, -0.2) is 42.6 Å². The fourth-order valence-electron chi connectivity index (χ4n) is 3.25. The van der Waals surface area contributed by atoms with Gasteiger partial charge >= 0.3 is 5.97 Å². The molecular formula is C19H26N2O5.